The second-order valence-corrected chi connectivity index (χ2v) is 10.0. The molecular weight excluding hydrogens is 442 g/mol. The molecule has 0 aromatic carbocycles. The number of aliphatic hydroxyl groups is 2. The fraction of sp³-hybridized carbons (Fsp3) is 0.852. The Kier molecular flexibility index (Phi) is 14.8. The minimum absolute atomic E-state index is 0.0890. The van der Waals surface area contributed by atoms with Crippen LogP contribution in [-0.4, -0.2) is 46.2 Å². The molecule has 198 valence electrons. The van der Waals surface area contributed by atoms with Gasteiger partial charge in [-0.1, -0.05) is 44.8 Å². The van der Waals surface area contributed by atoms with Gasteiger partial charge in [-0.15, -0.1) is 0 Å². The first-order chi connectivity index (χ1) is 16.1. The predicted molar refractivity (Wildman–Crippen MR) is 130 cm³/mol. The van der Waals surface area contributed by atoms with Crippen LogP contribution in [-0.2, 0) is 14.3 Å². The lowest BCUT2D eigenvalue weighted by molar-refractivity contribution is -0.147. The number of carbonyl (C=O) groups is 2. The number of rotatable bonds is 18. The molecule has 0 aromatic rings. The maximum Gasteiger partial charge on any atom is 0.306 e. The van der Waals surface area contributed by atoms with E-state index in [0.29, 0.717) is 25.7 Å². The Balaban J connectivity index is 2.37. The van der Waals surface area contributed by atoms with Gasteiger partial charge in [0.1, 0.15) is 0 Å². The number of Topliss-reactive ketones (excluding diaryl/α,β-unsaturated/α-hetero) is 1. The molecule has 3 unspecified atom stereocenters. The molecule has 1 rings (SSSR count). The molecule has 0 aliphatic heterocycles. The highest BCUT2D eigenvalue weighted by molar-refractivity contribution is 5.85. The Labute approximate surface area is 204 Å². The van der Waals surface area contributed by atoms with Gasteiger partial charge >= 0.3 is 11.9 Å². The van der Waals surface area contributed by atoms with E-state index in [4.69, 9.17) is 4.74 Å². The van der Waals surface area contributed by atoms with Gasteiger partial charge in [0.2, 0.25) is 5.78 Å². The molecule has 1 fully saturated rings. The lowest BCUT2D eigenvalue weighted by atomic mass is 9.85. The normalized spacial score (nSPS) is 23.2. The second-order valence-electron chi connectivity index (χ2n) is 10.0. The molecule has 1 saturated carbocycles. The van der Waals surface area contributed by atoms with Gasteiger partial charge in [0, 0.05) is 19.3 Å². The predicted octanol–water partition coefficient (Wildman–Crippen LogP) is 6.15. The molecule has 0 radical (unpaired) electrons. The molecule has 0 saturated heterocycles. The van der Waals surface area contributed by atoms with Gasteiger partial charge in [0.15, 0.2) is 0 Å². The van der Waals surface area contributed by atoms with Gasteiger partial charge in [-0.3, -0.25) is 9.59 Å². The second kappa shape index (κ2) is 16.4. The van der Waals surface area contributed by atoms with E-state index in [-0.39, 0.29) is 43.2 Å². The van der Waals surface area contributed by atoms with Crippen LogP contribution in [0.25, 0.3) is 0 Å². The summed E-state index contributed by atoms with van der Waals surface area (Å²) in [5.74, 6) is -5.12. The number of unbranched alkanes of at least 4 members (excludes halogenated alkanes) is 6. The number of esters is 1. The van der Waals surface area contributed by atoms with Gasteiger partial charge in [0.05, 0.1) is 18.3 Å². The van der Waals surface area contributed by atoms with E-state index in [1.807, 2.05) is 32.9 Å². The zero-order valence-corrected chi connectivity index (χ0v) is 21.3. The molecule has 4 atom stereocenters. The van der Waals surface area contributed by atoms with E-state index >= 15 is 0 Å². The fourth-order valence-electron chi connectivity index (χ4n) is 4.70. The Morgan fingerprint density at radius 3 is 2.32 bits per heavy atom. The lowest BCUT2D eigenvalue weighted by Crippen LogP contribution is -2.30. The average molecular weight is 489 g/mol. The SMILES string of the molecule is CCCCCCC(F)(F)C(=O)CC[C@H]1C(O)CC(O)C1C/C=C\CCCCCC(=O)OC(C)C. The number of halogens is 2. The number of hydrogen-bond donors (Lipinski definition) is 2. The maximum atomic E-state index is 14.2. The van der Waals surface area contributed by atoms with Gasteiger partial charge in [-0.05, 0) is 70.6 Å². The summed E-state index contributed by atoms with van der Waals surface area (Å²) < 4.78 is 33.4. The maximum absolute atomic E-state index is 14.2. The van der Waals surface area contributed by atoms with Gasteiger partial charge in [-0.25, -0.2) is 0 Å². The van der Waals surface area contributed by atoms with Crippen LogP contribution >= 0.6 is 0 Å². The smallest absolute Gasteiger partial charge is 0.306 e. The highest BCUT2D eigenvalue weighted by atomic mass is 19.3. The highest BCUT2D eigenvalue weighted by Gasteiger charge is 2.43. The van der Waals surface area contributed by atoms with Crippen molar-refractivity contribution in [1.29, 1.82) is 0 Å². The highest BCUT2D eigenvalue weighted by Crippen LogP contribution is 2.39. The molecule has 0 amide bonds. The van der Waals surface area contributed by atoms with Gasteiger partial charge in [0.25, 0.3) is 0 Å². The summed E-state index contributed by atoms with van der Waals surface area (Å²) in [6, 6.07) is 0. The molecule has 7 heteroatoms. The zero-order valence-electron chi connectivity index (χ0n) is 21.3. The summed E-state index contributed by atoms with van der Waals surface area (Å²) in [7, 11) is 0. The molecule has 0 aromatic heterocycles. The summed E-state index contributed by atoms with van der Waals surface area (Å²) in [6.07, 6.45) is 9.48. The van der Waals surface area contributed by atoms with Crippen LogP contribution in [0.1, 0.15) is 111 Å². The van der Waals surface area contributed by atoms with Crippen molar-refractivity contribution < 1.29 is 33.3 Å². The van der Waals surface area contributed by atoms with E-state index in [0.717, 1.165) is 38.5 Å². The first-order valence-corrected chi connectivity index (χ1v) is 13.2. The van der Waals surface area contributed by atoms with Crippen LogP contribution < -0.4 is 0 Å². The molecule has 5 nitrogen and oxygen atoms in total. The van der Waals surface area contributed by atoms with E-state index in [9.17, 15) is 28.6 Å². The molecule has 34 heavy (non-hydrogen) atoms. The van der Waals surface area contributed by atoms with Crippen LogP contribution in [0.15, 0.2) is 12.2 Å². The van der Waals surface area contributed by atoms with Gasteiger partial charge in [-0.2, -0.15) is 8.78 Å². The van der Waals surface area contributed by atoms with E-state index in [1.54, 1.807) is 0 Å². The van der Waals surface area contributed by atoms with Crippen molar-refractivity contribution in [2.75, 3.05) is 0 Å². The van der Waals surface area contributed by atoms with Crippen LogP contribution in [0.5, 0.6) is 0 Å². The Morgan fingerprint density at radius 2 is 1.65 bits per heavy atom. The van der Waals surface area contributed by atoms with Crippen molar-refractivity contribution in [3.05, 3.63) is 12.2 Å². The number of alkyl halides is 2. The fourth-order valence-corrected chi connectivity index (χ4v) is 4.70. The largest absolute Gasteiger partial charge is 0.463 e. The molecule has 1 aliphatic rings. The average Bonchev–Trinajstić information content (AvgIpc) is 3.02. The zero-order chi connectivity index (χ0) is 25.6. The summed E-state index contributed by atoms with van der Waals surface area (Å²) >= 11 is 0. The molecule has 2 N–H and O–H groups in total. The number of carbonyl (C=O) groups excluding carboxylic acids is 2. The van der Waals surface area contributed by atoms with Crippen molar-refractivity contribution in [1.82, 2.24) is 0 Å². The summed E-state index contributed by atoms with van der Waals surface area (Å²) in [4.78, 5) is 23.6. The minimum Gasteiger partial charge on any atom is -0.463 e. The van der Waals surface area contributed by atoms with Gasteiger partial charge < -0.3 is 14.9 Å². The summed E-state index contributed by atoms with van der Waals surface area (Å²) in [5.41, 5.74) is 0. The number of hydrogen-bond acceptors (Lipinski definition) is 5. The third-order valence-corrected chi connectivity index (χ3v) is 6.67. The van der Waals surface area contributed by atoms with Crippen LogP contribution in [0.2, 0.25) is 0 Å². The van der Waals surface area contributed by atoms with Crippen molar-refractivity contribution in [2.45, 2.75) is 135 Å². The molecule has 0 heterocycles. The lowest BCUT2D eigenvalue weighted by Gasteiger charge is -2.23. The first-order valence-electron chi connectivity index (χ1n) is 13.2. The number of allylic oxidation sites excluding steroid dienone is 2. The van der Waals surface area contributed by atoms with Crippen LogP contribution in [0.4, 0.5) is 8.78 Å². The molecule has 0 spiro atoms. The van der Waals surface area contributed by atoms with E-state index < -0.39 is 30.3 Å². The minimum atomic E-state index is -3.31. The topological polar surface area (TPSA) is 83.8 Å². The van der Waals surface area contributed by atoms with E-state index in [2.05, 4.69) is 0 Å². The third-order valence-electron chi connectivity index (χ3n) is 6.67. The standard InChI is InChI=1S/C27H46F2O5/c1-4-5-6-13-18-27(28,29)25(32)17-16-22-21(23(30)19-24(22)31)14-11-9-7-8-10-12-15-26(33)34-20(2)3/h9,11,20-24,30-31H,4-8,10,12-19H2,1-3H3/b11-9-/t21?,22-,23?,24?/m1/s1. The van der Waals surface area contributed by atoms with Crippen molar-refractivity contribution in [2.24, 2.45) is 11.8 Å². The van der Waals surface area contributed by atoms with Crippen molar-refractivity contribution in [3.8, 4) is 0 Å². The number of aliphatic hydroxyl groups excluding tert-OH is 2. The van der Waals surface area contributed by atoms with Crippen LogP contribution in [0.3, 0.4) is 0 Å². The van der Waals surface area contributed by atoms with E-state index in [1.165, 1.54) is 0 Å². The third kappa shape index (κ3) is 11.9. The quantitative estimate of drug-likeness (QED) is 0.137. The Morgan fingerprint density at radius 1 is 0.971 bits per heavy atom. The monoisotopic (exact) mass is 488 g/mol. The molecular formula is C27H46F2O5. The number of ketones is 1. The summed E-state index contributed by atoms with van der Waals surface area (Å²) in [6.45, 7) is 5.66. The molecule has 1 aliphatic carbocycles. The number of ether oxygens (including phenoxy) is 1. The molecule has 0 bridgehead atoms. The Hall–Kier alpha value is -1.34. The van der Waals surface area contributed by atoms with Crippen LogP contribution in [0, 0.1) is 11.8 Å². The van der Waals surface area contributed by atoms with Crippen molar-refractivity contribution >= 4 is 11.8 Å². The Bertz CT molecular complexity index is 620. The van der Waals surface area contributed by atoms with Crippen molar-refractivity contribution in [3.63, 3.8) is 0 Å². The summed E-state index contributed by atoms with van der Waals surface area (Å²) in [5, 5.41) is 20.7. The first kappa shape index (κ1) is 30.7.